The van der Waals surface area contributed by atoms with Crippen molar-refractivity contribution in [2.45, 2.75) is 6.54 Å². The Morgan fingerprint density at radius 1 is 1.45 bits per heavy atom. The first-order chi connectivity index (χ1) is 9.61. The normalized spacial score (nSPS) is 13.4. The molecule has 8 heteroatoms. The molecule has 3 rings (SSSR count). The van der Waals surface area contributed by atoms with Gasteiger partial charge >= 0.3 is 0 Å². The molecule has 0 spiro atoms. The van der Waals surface area contributed by atoms with Gasteiger partial charge in [-0.25, -0.2) is 4.98 Å². The van der Waals surface area contributed by atoms with Crippen molar-refractivity contribution in [2.24, 2.45) is 0 Å². The van der Waals surface area contributed by atoms with Gasteiger partial charge in [0.15, 0.2) is 16.8 Å². The number of benzene rings is 1. The van der Waals surface area contributed by atoms with Gasteiger partial charge in [0.1, 0.15) is 0 Å². The first-order valence-electron chi connectivity index (χ1n) is 5.72. The third-order valence-electron chi connectivity index (χ3n) is 2.66. The predicted octanol–water partition coefficient (Wildman–Crippen LogP) is 3.39. The molecule has 0 unspecified atom stereocenters. The summed E-state index contributed by atoms with van der Waals surface area (Å²) in [6.45, 7) is 0.563. The van der Waals surface area contributed by atoms with E-state index in [4.69, 9.17) is 27.9 Å². The molecule has 2 heterocycles. The highest BCUT2D eigenvalue weighted by atomic mass is 35.5. The fourth-order valence-corrected chi connectivity index (χ4v) is 3.01. The van der Waals surface area contributed by atoms with Crippen molar-refractivity contribution in [3.63, 3.8) is 0 Å². The Morgan fingerprint density at radius 3 is 3.05 bits per heavy atom. The van der Waals surface area contributed by atoms with Crippen LogP contribution >= 0.6 is 34.5 Å². The van der Waals surface area contributed by atoms with Gasteiger partial charge in [-0.2, -0.15) is 0 Å². The average molecular weight is 330 g/mol. The zero-order chi connectivity index (χ0) is 14.1. The number of halogens is 2. The number of anilines is 2. The van der Waals surface area contributed by atoms with E-state index in [-0.39, 0.29) is 12.5 Å². The highest BCUT2D eigenvalue weighted by molar-refractivity contribution is 7.15. The van der Waals surface area contributed by atoms with Crippen LogP contribution in [0.3, 0.4) is 0 Å². The number of nitrogens with zero attached hydrogens (tertiary/aromatic N) is 1. The SMILES string of the molecule is O=C1COc2c(Cl)cc(NCc3cnc(Cl)s3)cc2N1. The van der Waals surface area contributed by atoms with Crippen LogP contribution in [0.2, 0.25) is 9.49 Å². The molecule has 0 atom stereocenters. The van der Waals surface area contributed by atoms with Crippen LogP contribution in [0.5, 0.6) is 5.75 Å². The van der Waals surface area contributed by atoms with E-state index in [1.165, 1.54) is 11.3 Å². The number of aromatic nitrogens is 1. The van der Waals surface area contributed by atoms with Crippen molar-refractivity contribution in [1.29, 1.82) is 0 Å². The molecule has 1 aromatic carbocycles. The maximum Gasteiger partial charge on any atom is 0.262 e. The van der Waals surface area contributed by atoms with Gasteiger partial charge in [0.05, 0.1) is 17.3 Å². The smallest absolute Gasteiger partial charge is 0.262 e. The summed E-state index contributed by atoms with van der Waals surface area (Å²) in [5.41, 5.74) is 1.35. The van der Waals surface area contributed by atoms with Gasteiger partial charge in [0.25, 0.3) is 5.91 Å². The predicted molar refractivity (Wildman–Crippen MR) is 80.0 cm³/mol. The number of carbonyl (C=O) groups excluding carboxylic acids is 1. The fourth-order valence-electron chi connectivity index (χ4n) is 1.81. The highest BCUT2D eigenvalue weighted by Crippen LogP contribution is 2.38. The van der Waals surface area contributed by atoms with Gasteiger partial charge in [-0.1, -0.05) is 23.2 Å². The molecule has 0 aliphatic carbocycles. The van der Waals surface area contributed by atoms with Crippen LogP contribution < -0.4 is 15.4 Å². The van der Waals surface area contributed by atoms with E-state index in [1.807, 2.05) is 0 Å². The van der Waals surface area contributed by atoms with Crippen molar-refractivity contribution in [2.75, 3.05) is 17.2 Å². The molecule has 2 aromatic rings. The Hall–Kier alpha value is -1.50. The van der Waals surface area contributed by atoms with Crippen molar-refractivity contribution in [3.8, 4) is 5.75 Å². The lowest BCUT2D eigenvalue weighted by atomic mass is 10.2. The zero-order valence-electron chi connectivity index (χ0n) is 10.1. The average Bonchev–Trinajstić information content (AvgIpc) is 2.82. The minimum Gasteiger partial charge on any atom is -0.480 e. The second-order valence-electron chi connectivity index (χ2n) is 4.10. The lowest BCUT2D eigenvalue weighted by molar-refractivity contribution is -0.118. The quantitative estimate of drug-likeness (QED) is 0.905. The number of ether oxygens (including phenoxy) is 1. The molecule has 0 saturated carbocycles. The first-order valence-corrected chi connectivity index (χ1v) is 7.29. The summed E-state index contributed by atoms with van der Waals surface area (Å²) in [6, 6.07) is 3.53. The summed E-state index contributed by atoms with van der Waals surface area (Å²) in [6.07, 6.45) is 1.71. The van der Waals surface area contributed by atoms with Gasteiger partial charge in [-0.05, 0) is 12.1 Å². The van der Waals surface area contributed by atoms with Gasteiger partial charge in [0, 0.05) is 16.8 Å². The summed E-state index contributed by atoms with van der Waals surface area (Å²) < 4.78 is 5.80. The topological polar surface area (TPSA) is 63.2 Å². The second-order valence-corrected chi connectivity index (χ2v) is 6.21. The molecule has 0 bridgehead atoms. The molecule has 1 aliphatic heterocycles. The van der Waals surface area contributed by atoms with Crippen LogP contribution in [0.4, 0.5) is 11.4 Å². The van der Waals surface area contributed by atoms with E-state index < -0.39 is 0 Å². The molecule has 1 aromatic heterocycles. The summed E-state index contributed by atoms with van der Waals surface area (Å²) in [5, 5.41) is 6.38. The Balaban J connectivity index is 1.78. The van der Waals surface area contributed by atoms with E-state index in [0.717, 1.165) is 10.6 Å². The number of amides is 1. The minimum atomic E-state index is -0.194. The molecular formula is C12H9Cl2N3O2S. The van der Waals surface area contributed by atoms with Crippen molar-refractivity contribution >= 4 is 51.8 Å². The number of hydrogen-bond donors (Lipinski definition) is 2. The Labute approximate surface area is 128 Å². The third-order valence-corrected chi connectivity index (χ3v) is 4.05. The molecule has 1 amide bonds. The maximum atomic E-state index is 11.3. The fraction of sp³-hybridized carbons (Fsp3) is 0.167. The van der Waals surface area contributed by atoms with E-state index in [0.29, 0.717) is 27.5 Å². The van der Waals surface area contributed by atoms with Gasteiger partial charge in [-0.15, -0.1) is 11.3 Å². The molecule has 1 aliphatic rings. The summed E-state index contributed by atoms with van der Waals surface area (Å²) in [4.78, 5) is 16.3. The van der Waals surface area contributed by atoms with Gasteiger partial charge in [0.2, 0.25) is 0 Å². The Bertz CT molecular complexity index is 675. The summed E-state index contributed by atoms with van der Waals surface area (Å²) in [7, 11) is 0. The molecule has 104 valence electrons. The molecular weight excluding hydrogens is 321 g/mol. The van der Waals surface area contributed by atoms with Crippen LogP contribution in [-0.2, 0) is 11.3 Å². The summed E-state index contributed by atoms with van der Waals surface area (Å²) in [5.74, 6) is 0.303. The van der Waals surface area contributed by atoms with E-state index in [2.05, 4.69) is 15.6 Å². The zero-order valence-corrected chi connectivity index (χ0v) is 12.4. The largest absolute Gasteiger partial charge is 0.480 e. The lowest BCUT2D eigenvalue weighted by Crippen LogP contribution is -2.25. The maximum absolute atomic E-state index is 11.3. The number of rotatable bonds is 3. The van der Waals surface area contributed by atoms with Gasteiger partial charge in [-0.3, -0.25) is 4.79 Å². The number of thiazole rings is 1. The molecule has 20 heavy (non-hydrogen) atoms. The molecule has 0 saturated heterocycles. The number of hydrogen-bond acceptors (Lipinski definition) is 5. The number of carbonyl (C=O) groups is 1. The van der Waals surface area contributed by atoms with Crippen molar-refractivity contribution in [3.05, 3.63) is 32.7 Å². The van der Waals surface area contributed by atoms with Gasteiger partial charge < -0.3 is 15.4 Å². The molecule has 0 fully saturated rings. The third kappa shape index (κ3) is 2.82. The minimum absolute atomic E-state index is 0.0150. The van der Waals surface area contributed by atoms with Crippen LogP contribution in [0, 0.1) is 0 Å². The van der Waals surface area contributed by atoms with Crippen LogP contribution in [0.15, 0.2) is 18.3 Å². The molecule has 0 radical (unpaired) electrons. The van der Waals surface area contributed by atoms with E-state index in [9.17, 15) is 4.79 Å². The van der Waals surface area contributed by atoms with Crippen LogP contribution in [0.25, 0.3) is 0 Å². The summed E-state index contributed by atoms with van der Waals surface area (Å²) >= 11 is 13.3. The second kappa shape index (κ2) is 5.47. The number of fused-ring (bicyclic) bond motifs is 1. The Kier molecular flexibility index (Phi) is 3.69. The standard InChI is InChI=1S/C12H9Cl2N3O2S/c13-8-1-6(15-3-7-4-16-12(14)20-7)2-9-11(8)19-5-10(18)17-9/h1-2,4,15H,3,5H2,(H,17,18). The lowest BCUT2D eigenvalue weighted by Gasteiger charge is -2.20. The van der Waals surface area contributed by atoms with Crippen LogP contribution in [-0.4, -0.2) is 17.5 Å². The number of nitrogens with one attached hydrogen (secondary N) is 2. The highest BCUT2D eigenvalue weighted by Gasteiger charge is 2.19. The monoisotopic (exact) mass is 329 g/mol. The first kappa shape index (κ1) is 13.5. The molecule has 5 nitrogen and oxygen atoms in total. The van der Waals surface area contributed by atoms with E-state index in [1.54, 1.807) is 18.3 Å². The Morgan fingerprint density at radius 2 is 2.30 bits per heavy atom. The molecule has 2 N–H and O–H groups in total. The van der Waals surface area contributed by atoms with Crippen molar-refractivity contribution in [1.82, 2.24) is 4.98 Å². The van der Waals surface area contributed by atoms with Crippen molar-refractivity contribution < 1.29 is 9.53 Å². The van der Waals surface area contributed by atoms with Crippen LogP contribution in [0.1, 0.15) is 4.88 Å². The van der Waals surface area contributed by atoms with E-state index >= 15 is 0 Å².